The maximum atomic E-state index is 13.0. The SMILES string of the molecule is Fc1ccc(NCc2ccc(Cl)cc2Cl)c(I)c1. The quantitative estimate of drug-likeness (QED) is 0.690. The van der Waals surface area contributed by atoms with Crippen LogP contribution in [0.2, 0.25) is 10.0 Å². The summed E-state index contributed by atoms with van der Waals surface area (Å²) in [7, 11) is 0. The van der Waals surface area contributed by atoms with Gasteiger partial charge in [0.25, 0.3) is 0 Å². The first-order valence-corrected chi connectivity index (χ1v) is 7.02. The van der Waals surface area contributed by atoms with Crippen LogP contribution in [0.15, 0.2) is 36.4 Å². The number of hydrogen-bond donors (Lipinski definition) is 1. The Kier molecular flexibility index (Phi) is 4.70. The molecule has 0 atom stereocenters. The Morgan fingerprint density at radius 1 is 1.11 bits per heavy atom. The van der Waals surface area contributed by atoms with Gasteiger partial charge in [0, 0.05) is 25.8 Å². The molecular weight excluding hydrogens is 387 g/mol. The monoisotopic (exact) mass is 395 g/mol. The molecule has 1 N–H and O–H groups in total. The third kappa shape index (κ3) is 3.49. The van der Waals surface area contributed by atoms with Gasteiger partial charge >= 0.3 is 0 Å². The Hall–Kier alpha value is -0.520. The smallest absolute Gasteiger partial charge is 0.124 e. The lowest BCUT2D eigenvalue weighted by Crippen LogP contribution is -2.01. The van der Waals surface area contributed by atoms with Gasteiger partial charge in [-0.3, -0.25) is 0 Å². The molecular formula is C13H9Cl2FIN. The average molecular weight is 396 g/mol. The highest BCUT2D eigenvalue weighted by Gasteiger charge is 2.04. The average Bonchev–Trinajstić information content (AvgIpc) is 2.30. The molecule has 0 aromatic heterocycles. The maximum Gasteiger partial charge on any atom is 0.124 e. The standard InChI is InChI=1S/C13H9Cl2FIN/c14-9-2-1-8(11(15)5-9)7-18-13-4-3-10(16)6-12(13)17/h1-6,18H,7H2. The van der Waals surface area contributed by atoms with E-state index in [4.69, 9.17) is 23.2 Å². The molecule has 5 heteroatoms. The van der Waals surface area contributed by atoms with Crippen LogP contribution in [0, 0.1) is 9.39 Å². The van der Waals surface area contributed by atoms with Crippen LogP contribution >= 0.6 is 45.8 Å². The van der Waals surface area contributed by atoms with Gasteiger partial charge in [0.05, 0.1) is 0 Å². The molecule has 0 heterocycles. The summed E-state index contributed by atoms with van der Waals surface area (Å²) < 4.78 is 13.8. The van der Waals surface area contributed by atoms with Crippen molar-refractivity contribution in [1.29, 1.82) is 0 Å². The minimum Gasteiger partial charge on any atom is -0.380 e. The van der Waals surface area contributed by atoms with Crippen LogP contribution in [0.5, 0.6) is 0 Å². The number of hydrogen-bond acceptors (Lipinski definition) is 1. The van der Waals surface area contributed by atoms with Gasteiger partial charge in [0.1, 0.15) is 5.82 Å². The fourth-order valence-corrected chi connectivity index (χ4v) is 2.63. The zero-order chi connectivity index (χ0) is 13.1. The summed E-state index contributed by atoms with van der Waals surface area (Å²) in [4.78, 5) is 0. The van der Waals surface area contributed by atoms with Crippen molar-refractivity contribution in [3.8, 4) is 0 Å². The van der Waals surface area contributed by atoms with Crippen LogP contribution < -0.4 is 5.32 Å². The normalized spacial score (nSPS) is 10.4. The molecule has 1 nitrogen and oxygen atoms in total. The Morgan fingerprint density at radius 3 is 2.56 bits per heavy atom. The van der Waals surface area contributed by atoms with Crippen molar-refractivity contribution in [3.05, 3.63) is 61.4 Å². The Balaban J connectivity index is 2.11. The van der Waals surface area contributed by atoms with Gasteiger partial charge in [0.15, 0.2) is 0 Å². The molecule has 0 unspecified atom stereocenters. The second kappa shape index (κ2) is 6.08. The van der Waals surface area contributed by atoms with Crippen molar-refractivity contribution in [3.63, 3.8) is 0 Å². The second-order valence-electron chi connectivity index (χ2n) is 3.71. The van der Waals surface area contributed by atoms with Gasteiger partial charge in [-0.05, 0) is 58.5 Å². The minimum absolute atomic E-state index is 0.241. The van der Waals surface area contributed by atoms with E-state index >= 15 is 0 Å². The van der Waals surface area contributed by atoms with Crippen molar-refractivity contribution < 1.29 is 4.39 Å². The maximum absolute atomic E-state index is 13.0. The molecule has 0 saturated carbocycles. The van der Waals surface area contributed by atoms with Crippen molar-refractivity contribution in [1.82, 2.24) is 0 Å². The summed E-state index contributed by atoms with van der Waals surface area (Å²) in [5.74, 6) is -0.241. The predicted octanol–water partition coefficient (Wildman–Crippen LogP) is 5.35. The topological polar surface area (TPSA) is 12.0 Å². The van der Waals surface area contributed by atoms with Gasteiger partial charge < -0.3 is 5.32 Å². The van der Waals surface area contributed by atoms with Crippen molar-refractivity contribution >= 4 is 51.5 Å². The van der Waals surface area contributed by atoms with Crippen LogP contribution in [0.4, 0.5) is 10.1 Å². The van der Waals surface area contributed by atoms with Crippen molar-refractivity contribution in [2.75, 3.05) is 5.32 Å². The third-order valence-electron chi connectivity index (χ3n) is 2.42. The first kappa shape index (κ1) is 13.9. The lowest BCUT2D eigenvalue weighted by Gasteiger charge is -2.10. The largest absolute Gasteiger partial charge is 0.380 e. The highest BCUT2D eigenvalue weighted by atomic mass is 127. The first-order chi connectivity index (χ1) is 8.56. The molecule has 0 amide bonds. The van der Waals surface area contributed by atoms with E-state index in [2.05, 4.69) is 27.9 Å². The third-order valence-corrected chi connectivity index (χ3v) is 3.89. The fraction of sp³-hybridized carbons (Fsp3) is 0.0769. The molecule has 0 fully saturated rings. The van der Waals surface area contributed by atoms with E-state index < -0.39 is 0 Å². The molecule has 0 bridgehead atoms. The van der Waals surface area contributed by atoms with E-state index in [1.54, 1.807) is 18.2 Å². The van der Waals surface area contributed by atoms with E-state index in [1.807, 2.05) is 6.07 Å². The zero-order valence-corrected chi connectivity index (χ0v) is 12.9. The predicted molar refractivity (Wildman–Crippen MR) is 82.9 cm³/mol. The molecule has 2 aromatic rings. The second-order valence-corrected chi connectivity index (χ2v) is 5.72. The van der Waals surface area contributed by atoms with Crippen molar-refractivity contribution in [2.45, 2.75) is 6.54 Å². The molecule has 0 aliphatic heterocycles. The molecule has 18 heavy (non-hydrogen) atoms. The summed E-state index contributed by atoms with van der Waals surface area (Å²) in [6, 6.07) is 9.98. The molecule has 0 aliphatic carbocycles. The van der Waals surface area contributed by atoms with Crippen LogP contribution in [-0.2, 0) is 6.54 Å². The first-order valence-electron chi connectivity index (χ1n) is 5.19. The van der Waals surface area contributed by atoms with Crippen molar-refractivity contribution in [2.24, 2.45) is 0 Å². The summed E-state index contributed by atoms with van der Waals surface area (Å²) in [6.07, 6.45) is 0. The fourth-order valence-electron chi connectivity index (χ4n) is 1.49. The lowest BCUT2D eigenvalue weighted by atomic mass is 10.2. The van der Waals surface area contributed by atoms with Crippen LogP contribution in [0.25, 0.3) is 0 Å². The molecule has 94 valence electrons. The summed E-state index contributed by atoms with van der Waals surface area (Å²) >= 11 is 14.0. The Bertz CT molecular complexity index is 523. The van der Waals surface area contributed by atoms with Gasteiger partial charge in [-0.1, -0.05) is 29.3 Å². The number of benzene rings is 2. The van der Waals surface area contributed by atoms with Crippen LogP contribution in [0.1, 0.15) is 5.56 Å². The minimum atomic E-state index is -0.241. The molecule has 0 radical (unpaired) electrons. The molecule has 0 saturated heterocycles. The van der Waals surface area contributed by atoms with E-state index in [0.717, 1.165) is 14.8 Å². The Morgan fingerprint density at radius 2 is 1.89 bits per heavy atom. The highest BCUT2D eigenvalue weighted by Crippen LogP contribution is 2.24. The van der Waals surface area contributed by atoms with E-state index in [0.29, 0.717) is 16.6 Å². The van der Waals surface area contributed by atoms with E-state index in [1.165, 1.54) is 12.1 Å². The Labute approximate surface area is 128 Å². The summed E-state index contributed by atoms with van der Waals surface area (Å²) in [6.45, 7) is 0.567. The highest BCUT2D eigenvalue weighted by molar-refractivity contribution is 14.1. The summed E-state index contributed by atoms with van der Waals surface area (Å²) in [5.41, 5.74) is 1.82. The number of anilines is 1. The number of rotatable bonds is 3. The van der Waals surface area contributed by atoms with Gasteiger partial charge in [-0.15, -0.1) is 0 Å². The van der Waals surface area contributed by atoms with Gasteiger partial charge in [-0.2, -0.15) is 0 Å². The summed E-state index contributed by atoms with van der Waals surface area (Å²) in [5, 5.41) is 4.44. The molecule has 2 rings (SSSR count). The van der Waals surface area contributed by atoms with E-state index in [9.17, 15) is 4.39 Å². The van der Waals surface area contributed by atoms with Gasteiger partial charge in [0.2, 0.25) is 0 Å². The van der Waals surface area contributed by atoms with Gasteiger partial charge in [-0.25, -0.2) is 4.39 Å². The van der Waals surface area contributed by atoms with Crippen LogP contribution in [0.3, 0.4) is 0 Å². The molecule has 0 aliphatic rings. The molecule has 0 spiro atoms. The number of nitrogens with one attached hydrogen (secondary N) is 1. The zero-order valence-electron chi connectivity index (χ0n) is 9.18. The molecule has 2 aromatic carbocycles. The van der Waals surface area contributed by atoms with Crippen LogP contribution in [-0.4, -0.2) is 0 Å². The number of halogens is 4. The van der Waals surface area contributed by atoms with E-state index in [-0.39, 0.29) is 5.82 Å². The lowest BCUT2D eigenvalue weighted by molar-refractivity contribution is 0.627.